The molecule has 0 spiro atoms. The minimum absolute atomic E-state index is 0.0141. The summed E-state index contributed by atoms with van der Waals surface area (Å²) >= 11 is 1.92. The van der Waals surface area contributed by atoms with Crippen LogP contribution < -0.4 is 19.4 Å². The topological polar surface area (TPSA) is 17.4 Å². The number of para-hydroxylation sites is 3. The average Bonchev–Trinajstić information content (AvgIpc) is 3.97. The molecule has 0 bridgehead atoms. The van der Waals surface area contributed by atoms with Crippen molar-refractivity contribution >= 4 is 66.3 Å². The molecule has 3 heterocycles. The summed E-state index contributed by atoms with van der Waals surface area (Å²) in [5, 5.41) is 5.24. The summed E-state index contributed by atoms with van der Waals surface area (Å²) in [4.78, 5) is 2.59. The summed E-state index contributed by atoms with van der Waals surface area (Å²) in [6, 6.07) is 61.9. The Morgan fingerprint density at radius 3 is 2.16 bits per heavy atom. The first-order chi connectivity index (χ1) is 28.8. The lowest BCUT2D eigenvalue weighted by atomic mass is 9.90. The van der Waals surface area contributed by atoms with Gasteiger partial charge in [-0.05, 0) is 88.8 Å². The molecule has 0 saturated heterocycles. The van der Waals surface area contributed by atoms with Crippen LogP contribution in [0, 0.1) is 0 Å². The zero-order valence-electron chi connectivity index (χ0n) is 31.8. The van der Waals surface area contributed by atoms with E-state index in [9.17, 15) is 0 Å². The van der Waals surface area contributed by atoms with E-state index >= 15 is 0 Å². The lowest BCUT2D eigenvalue weighted by molar-refractivity contribution is 0.258. The third-order valence-corrected chi connectivity index (χ3v) is 13.5. The van der Waals surface area contributed by atoms with Crippen LogP contribution in [-0.4, -0.2) is 16.7 Å². The maximum atomic E-state index is 6.83. The average molecular weight is 763 g/mol. The molecule has 2 aliphatic carbocycles. The third kappa shape index (κ3) is 5.18. The first kappa shape index (κ1) is 33.3. The van der Waals surface area contributed by atoms with Crippen molar-refractivity contribution in [2.45, 2.75) is 25.0 Å². The molecule has 0 radical (unpaired) electrons. The molecule has 12 rings (SSSR count). The van der Waals surface area contributed by atoms with Crippen molar-refractivity contribution in [2.75, 3.05) is 4.90 Å². The van der Waals surface area contributed by atoms with Gasteiger partial charge in [0.25, 0.3) is 0 Å². The molecule has 3 nitrogen and oxygen atoms in total. The summed E-state index contributed by atoms with van der Waals surface area (Å²) in [5.74, 6) is 0.964. The van der Waals surface area contributed by atoms with E-state index in [4.69, 9.17) is 4.74 Å². The maximum absolute atomic E-state index is 6.83. The molecule has 0 N–H and O–H groups in total. The molecule has 7 aromatic carbocycles. The van der Waals surface area contributed by atoms with Gasteiger partial charge in [0, 0.05) is 49.1 Å². The van der Waals surface area contributed by atoms with E-state index in [1.807, 2.05) is 11.3 Å². The van der Waals surface area contributed by atoms with Crippen molar-refractivity contribution < 1.29 is 4.74 Å². The molecule has 0 fully saturated rings. The standard InChI is InChI=1S/C54H38N2OS/c1-2-14-37(15-3-1)55-47-23-9-6-18-41(47)42-33-30-36(34-50(42)55)40-17-5-4-16-39(40)35-28-31-38(32-29-35)56(48-24-12-21-45-43-19-7-10-26-51(43)57-53(45)48)49-25-13-22-46-44-20-8-11-27-52(44)58-54(46)49/h1-12,14-24,26-34,48,53H,13,25H2. The van der Waals surface area contributed by atoms with E-state index < -0.39 is 0 Å². The summed E-state index contributed by atoms with van der Waals surface area (Å²) in [6.45, 7) is 0. The monoisotopic (exact) mass is 762 g/mol. The number of allylic oxidation sites excluding steroid dienone is 2. The van der Waals surface area contributed by atoms with E-state index in [1.54, 1.807) is 0 Å². The quantitative estimate of drug-likeness (QED) is 0.168. The Bertz CT molecular complexity index is 3280. The van der Waals surface area contributed by atoms with Crippen molar-refractivity contribution in [2.24, 2.45) is 0 Å². The highest BCUT2D eigenvalue weighted by atomic mass is 32.1. The highest BCUT2D eigenvalue weighted by molar-refractivity contribution is 7.17. The fraction of sp³-hybridized carbons (Fsp3) is 0.0741. The Morgan fingerprint density at radius 2 is 1.29 bits per heavy atom. The molecule has 1 aliphatic heterocycles. The van der Waals surface area contributed by atoms with Gasteiger partial charge in [-0.2, -0.15) is 0 Å². The third-order valence-electron chi connectivity index (χ3n) is 12.3. The Kier molecular flexibility index (Phi) is 7.67. The minimum atomic E-state index is -0.111. The highest BCUT2D eigenvalue weighted by Gasteiger charge is 2.39. The molecule has 9 aromatic rings. The largest absolute Gasteiger partial charge is 0.483 e. The Labute approximate surface area is 341 Å². The second kappa shape index (κ2) is 13.4. The molecule has 2 aromatic heterocycles. The SMILES string of the molecule is C1=CC(N(C2=c3sc4ccccc4c3=CCC2)c2ccc(-c3ccccc3-c3ccc4c5ccccc5n(-c5ccccc5)c4c3)cc2)C2Oc3ccccc3C2=C1. The van der Waals surface area contributed by atoms with Gasteiger partial charge in [-0.15, -0.1) is 11.3 Å². The van der Waals surface area contributed by atoms with Gasteiger partial charge in [0.15, 0.2) is 0 Å². The smallest absolute Gasteiger partial charge is 0.149 e. The number of rotatable bonds is 6. The Hall–Kier alpha value is -6.88. The lowest BCUT2D eigenvalue weighted by Gasteiger charge is -2.38. The predicted octanol–water partition coefficient (Wildman–Crippen LogP) is 12.3. The second-order valence-corrected chi connectivity index (χ2v) is 16.5. The first-order valence-electron chi connectivity index (χ1n) is 20.2. The number of aromatic nitrogens is 1. The molecular formula is C54H38N2OS. The van der Waals surface area contributed by atoms with Gasteiger partial charge >= 0.3 is 0 Å². The Balaban J connectivity index is 0.987. The number of thiophene rings is 1. The summed E-state index contributed by atoms with van der Waals surface area (Å²) in [6.07, 6.45) is 11.1. The number of anilines is 1. The Morgan fingerprint density at radius 1 is 0.603 bits per heavy atom. The van der Waals surface area contributed by atoms with Gasteiger partial charge in [0.1, 0.15) is 11.9 Å². The number of benzene rings is 7. The van der Waals surface area contributed by atoms with Gasteiger partial charge in [0.2, 0.25) is 0 Å². The fourth-order valence-electron chi connectivity index (χ4n) is 9.66. The van der Waals surface area contributed by atoms with Crippen LogP contribution in [-0.2, 0) is 0 Å². The van der Waals surface area contributed by atoms with Gasteiger partial charge in [-0.3, -0.25) is 0 Å². The van der Waals surface area contributed by atoms with E-state index in [0.717, 1.165) is 24.3 Å². The van der Waals surface area contributed by atoms with Crippen LogP contribution in [0.15, 0.2) is 188 Å². The van der Waals surface area contributed by atoms with Crippen LogP contribution in [0.3, 0.4) is 0 Å². The molecule has 3 aliphatic rings. The van der Waals surface area contributed by atoms with Crippen LogP contribution in [0.2, 0.25) is 0 Å². The predicted molar refractivity (Wildman–Crippen MR) is 244 cm³/mol. The van der Waals surface area contributed by atoms with Crippen molar-refractivity contribution in [1.82, 2.24) is 4.57 Å². The van der Waals surface area contributed by atoms with Gasteiger partial charge < -0.3 is 14.2 Å². The summed E-state index contributed by atoms with van der Waals surface area (Å²) in [7, 11) is 0. The van der Waals surface area contributed by atoms with Crippen molar-refractivity contribution in [1.29, 1.82) is 0 Å². The van der Waals surface area contributed by atoms with Crippen LogP contribution in [0.1, 0.15) is 18.4 Å². The first-order valence-corrected chi connectivity index (χ1v) is 21.0. The van der Waals surface area contributed by atoms with Crippen molar-refractivity contribution in [3.05, 3.63) is 203 Å². The molecule has 4 heteroatoms. The highest BCUT2D eigenvalue weighted by Crippen LogP contribution is 2.44. The van der Waals surface area contributed by atoms with Crippen molar-refractivity contribution in [3.8, 4) is 33.7 Å². The van der Waals surface area contributed by atoms with Gasteiger partial charge in [0.05, 0.1) is 21.6 Å². The molecule has 2 unspecified atom stereocenters. The maximum Gasteiger partial charge on any atom is 0.149 e. The summed E-state index contributed by atoms with van der Waals surface area (Å²) in [5.41, 5.74) is 13.4. The summed E-state index contributed by atoms with van der Waals surface area (Å²) < 4.78 is 11.9. The van der Waals surface area contributed by atoms with Crippen LogP contribution in [0.25, 0.3) is 77.2 Å². The van der Waals surface area contributed by atoms with Crippen LogP contribution in [0.5, 0.6) is 5.75 Å². The molecule has 276 valence electrons. The molecule has 58 heavy (non-hydrogen) atoms. The van der Waals surface area contributed by atoms with E-state index in [2.05, 4.69) is 204 Å². The van der Waals surface area contributed by atoms with Gasteiger partial charge in [-0.25, -0.2) is 0 Å². The van der Waals surface area contributed by atoms with Crippen LogP contribution in [0.4, 0.5) is 5.69 Å². The minimum Gasteiger partial charge on any atom is -0.483 e. The number of fused-ring (bicyclic) bond motifs is 9. The second-order valence-electron chi connectivity index (χ2n) is 15.4. The number of hydrogen-bond donors (Lipinski definition) is 0. The molecule has 0 saturated carbocycles. The lowest BCUT2D eigenvalue weighted by Crippen LogP contribution is -2.47. The zero-order valence-corrected chi connectivity index (χ0v) is 32.6. The zero-order chi connectivity index (χ0) is 38.2. The van der Waals surface area contributed by atoms with Gasteiger partial charge in [-0.1, -0.05) is 146 Å². The van der Waals surface area contributed by atoms with Crippen molar-refractivity contribution in [3.63, 3.8) is 0 Å². The molecule has 0 amide bonds. The molecule has 2 atom stereocenters. The number of ether oxygens (including phenoxy) is 1. The van der Waals surface area contributed by atoms with E-state index in [1.165, 1.54) is 86.4 Å². The van der Waals surface area contributed by atoms with E-state index in [-0.39, 0.29) is 12.1 Å². The normalized spacial score (nSPS) is 16.8. The fourth-order valence-corrected chi connectivity index (χ4v) is 10.9. The number of hydrogen-bond acceptors (Lipinski definition) is 3. The molecular weight excluding hydrogens is 725 g/mol. The van der Waals surface area contributed by atoms with Crippen LogP contribution >= 0.6 is 11.3 Å². The van der Waals surface area contributed by atoms with E-state index in [0.29, 0.717) is 0 Å². The number of nitrogens with zero attached hydrogens (tertiary/aromatic N) is 2.